The van der Waals surface area contributed by atoms with E-state index in [0.29, 0.717) is 6.10 Å². The van der Waals surface area contributed by atoms with Crippen LogP contribution in [-0.2, 0) is 4.74 Å². The summed E-state index contributed by atoms with van der Waals surface area (Å²) in [6.07, 6.45) is 2.62. The van der Waals surface area contributed by atoms with Crippen LogP contribution in [0.15, 0.2) is 30.3 Å². The summed E-state index contributed by atoms with van der Waals surface area (Å²) in [6.45, 7) is 0.903. The Hall–Kier alpha value is -1.28. The Morgan fingerprint density at radius 2 is 2.21 bits per heavy atom. The molecule has 1 saturated heterocycles. The van der Waals surface area contributed by atoms with E-state index < -0.39 is 0 Å². The van der Waals surface area contributed by atoms with Crippen molar-refractivity contribution >= 4 is 10.9 Å². The molecule has 0 saturated carbocycles. The van der Waals surface area contributed by atoms with Crippen LogP contribution >= 0.6 is 0 Å². The minimum Gasteiger partial charge on any atom is -0.372 e. The van der Waals surface area contributed by atoms with Crippen molar-refractivity contribution in [3.8, 4) is 0 Å². The number of rotatable bonds is 1. The summed E-state index contributed by atoms with van der Waals surface area (Å²) in [5, 5.41) is 1.28. The summed E-state index contributed by atoms with van der Waals surface area (Å²) in [6, 6.07) is 10.6. The lowest BCUT2D eigenvalue weighted by molar-refractivity contribution is 0.109. The third-order valence-corrected chi connectivity index (χ3v) is 2.83. The molecule has 14 heavy (non-hydrogen) atoms. The molecule has 1 aromatic heterocycles. The SMILES string of the molecule is c1ccc2[nH]c(C3CCCO3)cc2c1. The van der Waals surface area contributed by atoms with Gasteiger partial charge in [0, 0.05) is 17.8 Å². The standard InChI is InChI=1S/C12H13NO/c1-2-5-10-9(4-1)8-11(13-10)12-6-3-7-14-12/h1-2,4-5,8,12-13H,3,6-7H2. The molecule has 1 aromatic carbocycles. The second-order valence-corrected chi connectivity index (χ2v) is 3.81. The summed E-state index contributed by atoms with van der Waals surface area (Å²) >= 11 is 0. The normalized spacial score (nSPS) is 21.9. The molecule has 0 spiro atoms. The van der Waals surface area contributed by atoms with Crippen molar-refractivity contribution < 1.29 is 4.74 Å². The van der Waals surface area contributed by atoms with Gasteiger partial charge in [0.1, 0.15) is 0 Å². The summed E-state index contributed by atoms with van der Waals surface area (Å²) in [5.74, 6) is 0. The first-order valence-electron chi connectivity index (χ1n) is 5.13. The molecular formula is C12H13NO. The Labute approximate surface area is 82.9 Å². The number of benzene rings is 1. The molecule has 0 amide bonds. The van der Waals surface area contributed by atoms with Gasteiger partial charge in [0.2, 0.25) is 0 Å². The summed E-state index contributed by atoms with van der Waals surface area (Å²) < 4.78 is 5.64. The molecule has 1 aliphatic heterocycles. The number of H-pyrrole nitrogens is 1. The van der Waals surface area contributed by atoms with Gasteiger partial charge in [-0.05, 0) is 30.4 Å². The van der Waals surface area contributed by atoms with Gasteiger partial charge in [-0.2, -0.15) is 0 Å². The minimum absolute atomic E-state index is 0.294. The average molecular weight is 187 g/mol. The van der Waals surface area contributed by atoms with E-state index >= 15 is 0 Å². The largest absolute Gasteiger partial charge is 0.372 e. The zero-order chi connectivity index (χ0) is 9.38. The number of ether oxygens (including phenoxy) is 1. The molecule has 0 bridgehead atoms. The lowest BCUT2D eigenvalue weighted by Gasteiger charge is -2.05. The van der Waals surface area contributed by atoms with E-state index in [1.807, 2.05) is 0 Å². The van der Waals surface area contributed by atoms with Gasteiger partial charge in [-0.25, -0.2) is 0 Å². The van der Waals surface area contributed by atoms with Gasteiger partial charge in [0.25, 0.3) is 0 Å². The number of nitrogens with one attached hydrogen (secondary N) is 1. The smallest absolute Gasteiger partial charge is 0.0973 e. The number of fused-ring (bicyclic) bond motifs is 1. The molecule has 1 N–H and O–H groups in total. The molecule has 1 fully saturated rings. The quantitative estimate of drug-likeness (QED) is 0.729. The zero-order valence-electron chi connectivity index (χ0n) is 7.99. The fraction of sp³-hybridized carbons (Fsp3) is 0.333. The van der Waals surface area contributed by atoms with E-state index in [1.54, 1.807) is 0 Å². The lowest BCUT2D eigenvalue weighted by Crippen LogP contribution is -1.94. The van der Waals surface area contributed by atoms with Crippen LogP contribution in [0.25, 0.3) is 10.9 Å². The monoisotopic (exact) mass is 187 g/mol. The molecule has 2 heterocycles. The first-order valence-corrected chi connectivity index (χ1v) is 5.13. The van der Waals surface area contributed by atoms with Crippen LogP contribution in [0.4, 0.5) is 0 Å². The van der Waals surface area contributed by atoms with Crippen molar-refractivity contribution in [2.24, 2.45) is 0 Å². The van der Waals surface area contributed by atoms with Crippen molar-refractivity contribution in [3.05, 3.63) is 36.0 Å². The number of hydrogen-bond acceptors (Lipinski definition) is 1. The topological polar surface area (TPSA) is 25.0 Å². The molecule has 0 aliphatic carbocycles. The molecule has 3 rings (SSSR count). The fourth-order valence-electron chi connectivity index (χ4n) is 2.09. The van der Waals surface area contributed by atoms with Gasteiger partial charge in [0.05, 0.1) is 6.10 Å². The number of hydrogen-bond donors (Lipinski definition) is 1. The summed E-state index contributed by atoms with van der Waals surface area (Å²) in [5.41, 5.74) is 2.43. The third kappa shape index (κ3) is 1.23. The Morgan fingerprint density at radius 3 is 3.00 bits per heavy atom. The molecule has 2 heteroatoms. The minimum atomic E-state index is 0.294. The van der Waals surface area contributed by atoms with Crippen LogP contribution in [-0.4, -0.2) is 11.6 Å². The van der Waals surface area contributed by atoms with Crippen LogP contribution in [0.5, 0.6) is 0 Å². The second-order valence-electron chi connectivity index (χ2n) is 3.81. The zero-order valence-corrected chi connectivity index (χ0v) is 7.99. The van der Waals surface area contributed by atoms with E-state index in [0.717, 1.165) is 13.0 Å². The van der Waals surface area contributed by atoms with E-state index in [4.69, 9.17) is 4.74 Å². The Bertz CT molecular complexity index is 407. The Kier molecular flexibility index (Phi) is 1.81. The van der Waals surface area contributed by atoms with Crippen LogP contribution in [0.1, 0.15) is 24.6 Å². The molecule has 2 nitrogen and oxygen atoms in total. The third-order valence-electron chi connectivity index (χ3n) is 2.83. The van der Waals surface area contributed by atoms with Crippen LogP contribution in [0, 0.1) is 0 Å². The van der Waals surface area contributed by atoms with Gasteiger partial charge in [-0.1, -0.05) is 18.2 Å². The van der Waals surface area contributed by atoms with Gasteiger partial charge < -0.3 is 9.72 Å². The predicted octanol–water partition coefficient (Wildman–Crippen LogP) is 3.02. The molecule has 0 radical (unpaired) electrons. The Balaban J connectivity index is 2.05. The number of para-hydroxylation sites is 1. The maximum Gasteiger partial charge on any atom is 0.0973 e. The highest BCUT2D eigenvalue weighted by Crippen LogP contribution is 2.29. The van der Waals surface area contributed by atoms with Crippen molar-refractivity contribution in [2.75, 3.05) is 6.61 Å². The van der Waals surface area contributed by atoms with Crippen molar-refractivity contribution in [1.82, 2.24) is 4.98 Å². The van der Waals surface area contributed by atoms with Gasteiger partial charge in [-0.3, -0.25) is 0 Å². The van der Waals surface area contributed by atoms with Crippen molar-refractivity contribution in [1.29, 1.82) is 0 Å². The molecule has 1 aliphatic rings. The van der Waals surface area contributed by atoms with Crippen molar-refractivity contribution in [2.45, 2.75) is 18.9 Å². The first-order chi connectivity index (χ1) is 6.93. The van der Waals surface area contributed by atoms with Crippen molar-refractivity contribution in [3.63, 3.8) is 0 Å². The van der Waals surface area contributed by atoms with Crippen LogP contribution in [0.3, 0.4) is 0 Å². The van der Waals surface area contributed by atoms with Crippen LogP contribution in [0.2, 0.25) is 0 Å². The highest BCUT2D eigenvalue weighted by Gasteiger charge is 2.19. The average Bonchev–Trinajstić information content (AvgIpc) is 2.86. The molecule has 72 valence electrons. The van der Waals surface area contributed by atoms with E-state index in [-0.39, 0.29) is 0 Å². The van der Waals surface area contributed by atoms with E-state index in [2.05, 4.69) is 35.3 Å². The maximum atomic E-state index is 5.64. The molecular weight excluding hydrogens is 174 g/mol. The molecule has 2 aromatic rings. The highest BCUT2D eigenvalue weighted by atomic mass is 16.5. The number of aromatic amines is 1. The van der Waals surface area contributed by atoms with E-state index in [1.165, 1.54) is 23.0 Å². The van der Waals surface area contributed by atoms with Gasteiger partial charge in [0.15, 0.2) is 0 Å². The number of aromatic nitrogens is 1. The second kappa shape index (κ2) is 3.14. The summed E-state index contributed by atoms with van der Waals surface area (Å²) in [4.78, 5) is 3.41. The van der Waals surface area contributed by atoms with Gasteiger partial charge >= 0.3 is 0 Å². The Morgan fingerprint density at radius 1 is 1.29 bits per heavy atom. The molecule has 1 unspecified atom stereocenters. The fourth-order valence-corrected chi connectivity index (χ4v) is 2.09. The highest BCUT2D eigenvalue weighted by molar-refractivity contribution is 5.80. The van der Waals surface area contributed by atoms with Gasteiger partial charge in [-0.15, -0.1) is 0 Å². The molecule has 1 atom stereocenters. The maximum absolute atomic E-state index is 5.64. The first kappa shape index (κ1) is 8.06. The summed E-state index contributed by atoms with van der Waals surface area (Å²) in [7, 11) is 0. The van der Waals surface area contributed by atoms with Crippen LogP contribution < -0.4 is 0 Å². The predicted molar refractivity (Wildman–Crippen MR) is 56.2 cm³/mol. The van der Waals surface area contributed by atoms with E-state index in [9.17, 15) is 0 Å². The lowest BCUT2D eigenvalue weighted by atomic mass is 10.2.